The average Bonchev–Trinajstić information content (AvgIpc) is 3.65. The van der Waals surface area contributed by atoms with Gasteiger partial charge < -0.3 is 92.0 Å². The zero-order valence-corrected chi connectivity index (χ0v) is 52.1. The molecular formula is C58H111N17O11. The number of benzene rings is 1. The van der Waals surface area contributed by atoms with Gasteiger partial charge in [0.1, 0.15) is 54.9 Å². The zero-order chi connectivity index (χ0) is 64.6. The highest BCUT2D eigenvalue weighted by Crippen LogP contribution is 2.15. The van der Waals surface area contributed by atoms with Gasteiger partial charge in [-0.15, -0.1) is 0 Å². The third-order valence-corrected chi connectivity index (χ3v) is 14.5. The molecule has 0 spiro atoms. The Morgan fingerprint density at radius 2 is 0.895 bits per heavy atom. The SMILES string of the molecule is CCCC[C@@H](NC(=O)[C@@H](CCCC)NC(=O)[C@@H](CCCC)N[C@H](O)[C@H](N)CCCNC(N)N)C(=O)N[C@H](CCCN=C(N)N)C(=O)N[C@H](CCCC)C(=O)N[C@H](CCC)[C@@H](O)N[C@H](CCCC)C(=O)NCC(=O)N[C@H](Cc1ccc(O)cc1)[C@@H](N)O. The quantitative estimate of drug-likeness (QED) is 0.0153. The number of phenols is 1. The van der Waals surface area contributed by atoms with Crippen molar-refractivity contribution in [1.29, 1.82) is 0 Å². The van der Waals surface area contributed by atoms with Crippen LogP contribution in [0.1, 0.15) is 182 Å². The lowest BCUT2D eigenvalue weighted by atomic mass is 10.0. The standard InChI is InChI=1S/C58H111N17O11/c1-7-13-22-40(50(80)67-35-47(77)68-46(48(60)78)34-36-28-30-37(76)31-29-36)71-51(81)39(20-12-6)70-53(83)42(24-15-9-3)74-56(86)45(27-19-33-66-58(63)64)75-55(85)44(26-17-11-5)73-54(84)43(25-16-10-4)72-52(82)41(23-14-8-2)69-49(79)38(59)21-18-32-65-57(61)62/h28-31,38-46,48-49,51,57,65,69,71,76,78-79,81H,7-27,32-35,59-62H2,1-6H3,(H,67,80)(H,68,77)(H,70,83)(H,72,82)(H,73,84)(H,74,86)(H,75,85)(H4,63,64,66)/t38-,39-,40-,41-,42-,43-,44-,45-,46-,48+,49-,51-/m1/s1. The van der Waals surface area contributed by atoms with Gasteiger partial charge in [-0.25, -0.2) is 0 Å². The maximum Gasteiger partial charge on any atom is 0.243 e. The van der Waals surface area contributed by atoms with E-state index in [1.54, 1.807) is 12.1 Å². The van der Waals surface area contributed by atoms with Crippen molar-refractivity contribution in [3.05, 3.63) is 29.8 Å². The van der Waals surface area contributed by atoms with E-state index in [4.69, 9.17) is 34.4 Å². The molecular weight excluding hydrogens is 1110 g/mol. The Balaban J connectivity index is 3.40. The number of amides is 7. The summed E-state index contributed by atoms with van der Waals surface area (Å²) in [6.45, 7) is 11.6. The van der Waals surface area contributed by atoms with Crippen LogP contribution in [0.15, 0.2) is 29.3 Å². The van der Waals surface area contributed by atoms with Crippen molar-refractivity contribution in [1.82, 2.24) is 53.2 Å². The molecule has 0 fully saturated rings. The lowest BCUT2D eigenvalue weighted by Gasteiger charge is -2.31. The van der Waals surface area contributed by atoms with E-state index in [0.29, 0.717) is 95.6 Å². The minimum Gasteiger partial charge on any atom is -0.508 e. The number of aliphatic hydroxyl groups excluding tert-OH is 3. The number of phenolic OH excluding ortho intramolecular Hbond substituents is 1. The number of carbonyl (C=O) groups is 7. The molecule has 0 aliphatic heterocycles. The monoisotopic (exact) mass is 1220 g/mol. The molecule has 0 radical (unpaired) electrons. The van der Waals surface area contributed by atoms with Gasteiger partial charge in [-0.3, -0.25) is 54.5 Å². The molecule has 1 aromatic carbocycles. The average molecular weight is 1220 g/mol. The summed E-state index contributed by atoms with van der Waals surface area (Å²) in [6.07, 6.45) is 4.59. The summed E-state index contributed by atoms with van der Waals surface area (Å²) in [5.41, 5.74) is 35.0. The highest BCUT2D eigenvalue weighted by molar-refractivity contribution is 5.96. The first-order valence-electron chi connectivity index (χ1n) is 31.2. The highest BCUT2D eigenvalue weighted by atomic mass is 16.3. The lowest BCUT2D eigenvalue weighted by molar-refractivity contribution is -0.135. The number of aliphatic imine (C=N–C) groups is 1. The van der Waals surface area contributed by atoms with Crippen LogP contribution in [0.2, 0.25) is 0 Å². The van der Waals surface area contributed by atoms with E-state index < -0.39 is 127 Å². The van der Waals surface area contributed by atoms with E-state index in [1.807, 2.05) is 41.5 Å². The number of carbonyl (C=O) groups excluding carboxylic acids is 7. The number of rotatable bonds is 49. The Hall–Kier alpha value is -5.82. The van der Waals surface area contributed by atoms with Gasteiger partial charge in [-0.05, 0) is 94.9 Å². The first kappa shape index (κ1) is 78.2. The predicted octanol–water partition coefficient (Wildman–Crippen LogP) is -1.51. The van der Waals surface area contributed by atoms with Crippen LogP contribution < -0.4 is 87.6 Å². The van der Waals surface area contributed by atoms with Crippen LogP contribution in [-0.2, 0) is 40.0 Å². The van der Waals surface area contributed by atoms with E-state index in [-0.39, 0.29) is 69.6 Å². The molecule has 0 bridgehead atoms. The van der Waals surface area contributed by atoms with Crippen LogP contribution >= 0.6 is 0 Å². The molecule has 0 heterocycles. The molecule has 26 N–H and O–H groups in total. The molecule has 1 rings (SSSR count). The van der Waals surface area contributed by atoms with Crippen molar-refractivity contribution in [2.75, 3.05) is 19.6 Å². The van der Waals surface area contributed by atoms with Crippen molar-refractivity contribution >= 4 is 47.3 Å². The molecule has 12 atom stereocenters. The van der Waals surface area contributed by atoms with Gasteiger partial charge in [-0.2, -0.15) is 0 Å². The Morgan fingerprint density at radius 1 is 0.477 bits per heavy atom. The van der Waals surface area contributed by atoms with E-state index in [9.17, 15) is 54.0 Å². The summed E-state index contributed by atoms with van der Waals surface area (Å²) in [7, 11) is 0. The number of guanidine groups is 1. The fourth-order valence-electron chi connectivity index (χ4n) is 9.30. The van der Waals surface area contributed by atoms with Crippen molar-refractivity contribution < 1.29 is 54.0 Å². The van der Waals surface area contributed by atoms with E-state index in [0.717, 1.165) is 6.42 Å². The maximum absolute atomic E-state index is 14.5. The highest BCUT2D eigenvalue weighted by Gasteiger charge is 2.35. The van der Waals surface area contributed by atoms with Gasteiger partial charge in [0, 0.05) is 12.6 Å². The summed E-state index contributed by atoms with van der Waals surface area (Å²) in [4.78, 5) is 102. The summed E-state index contributed by atoms with van der Waals surface area (Å²) in [5.74, 6) is -4.55. The first-order chi connectivity index (χ1) is 40.9. The minimum absolute atomic E-state index is 0.0137. The molecule has 28 nitrogen and oxygen atoms in total. The van der Waals surface area contributed by atoms with Crippen molar-refractivity contribution in [2.24, 2.45) is 39.4 Å². The fourth-order valence-corrected chi connectivity index (χ4v) is 9.30. The Kier molecular flexibility index (Phi) is 41.3. The molecule has 0 saturated heterocycles. The van der Waals surface area contributed by atoms with E-state index in [1.165, 1.54) is 12.1 Å². The molecule has 494 valence electrons. The van der Waals surface area contributed by atoms with Crippen LogP contribution in [0.25, 0.3) is 0 Å². The molecule has 1 aromatic rings. The fraction of sp³-hybridized carbons (Fsp3) is 0.759. The molecule has 0 aromatic heterocycles. The number of nitrogens with zero attached hydrogens (tertiary/aromatic N) is 1. The van der Waals surface area contributed by atoms with Gasteiger partial charge in [-0.1, -0.05) is 124 Å². The van der Waals surface area contributed by atoms with Crippen LogP contribution in [0.3, 0.4) is 0 Å². The second kappa shape index (κ2) is 45.5. The smallest absolute Gasteiger partial charge is 0.243 e. The molecule has 28 heteroatoms. The molecule has 0 aliphatic rings. The van der Waals surface area contributed by atoms with E-state index >= 15 is 0 Å². The number of hydrogen-bond acceptors (Lipinski definition) is 19. The largest absolute Gasteiger partial charge is 0.508 e. The number of unbranched alkanes of at least 4 members (excludes halogenated alkanes) is 5. The number of aliphatic hydroxyl groups is 3. The van der Waals surface area contributed by atoms with Crippen LogP contribution in [0.5, 0.6) is 5.75 Å². The summed E-state index contributed by atoms with van der Waals surface area (Å²) in [6, 6.07) is -3.00. The first-order valence-corrected chi connectivity index (χ1v) is 31.2. The van der Waals surface area contributed by atoms with Crippen LogP contribution in [0.4, 0.5) is 0 Å². The third kappa shape index (κ3) is 33.3. The molecule has 7 amide bonds. The third-order valence-electron chi connectivity index (χ3n) is 14.5. The van der Waals surface area contributed by atoms with Gasteiger partial charge in [0.15, 0.2) is 5.96 Å². The van der Waals surface area contributed by atoms with Gasteiger partial charge >= 0.3 is 0 Å². The van der Waals surface area contributed by atoms with Gasteiger partial charge in [0.05, 0.1) is 30.7 Å². The number of aromatic hydroxyl groups is 1. The summed E-state index contributed by atoms with van der Waals surface area (Å²) >= 11 is 0. The molecule has 0 saturated carbocycles. The molecule has 0 aliphatic carbocycles. The molecule has 86 heavy (non-hydrogen) atoms. The van der Waals surface area contributed by atoms with Crippen LogP contribution in [0, 0.1) is 0 Å². The van der Waals surface area contributed by atoms with Gasteiger partial charge in [0.2, 0.25) is 41.4 Å². The van der Waals surface area contributed by atoms with Gasteiger partial charge in [0.25, 0.3) is 0 Å². The second-order valence-corrected chi connectivity index (χ2v) is 22.2. The Bertz CT molecular complexity index is 2130. The van der Waals surface area contributed by atoms with E-state index in [2.05, 4.69) is 58.2 Å². The summed E-state index contributed by atoms with van der Waals surface area (Å²) < 4.78 is 0. The Morgan fingerprint density at radius 3 is 1.33 bits per heavy atom. The maximum atomic E-state index is 14.5. The lowest BCUT2D eigenvalue weighted by Crippen LogP contribution is -2.61. The zero-order valence-electron chi connectivity index (χ0n) is 52.1. The predicted molar refractivity (Wildman–Crippen MR) is 332 cm³/mol. The van der Waals surface area contributed by atoms with Crippen LogP contribution in [-0.4, -0.2) is 167 Å². The topological polar surface area (TPSA) is 489 Å². The number of nitrogens with one attached hydrogen (secondary N) is 10. The normalized spacial score (nSPS) is 15.7. The molecule has 0 unspecified atom stereocenters. The Labute approximate surface area is 509 Å². The summed E-state index contributed by atoms with van der Waals surface area (Å²) in [5, 5.41) is 70.7. The van der Waals surface area contributed by atoms with Crippen molar-refractivity contribution in [3.63, 3.8) is 0 Å². The second-order valence-electron chi connectivity index (χ2n) is 22.2. The van der Waals surface area contributed by atoms with Crippen molar-refractivity contribution in [2.45, 2.75) is 262 Å². The van der Waals surface area contributed by atoms with Crippen molar-refractivity contribution in [3.8, 4) is 5.75 Å². The minimum atomic E-state index is -1.48. The number of nitrogens with two attached hydrogens (primary N) is 6. The number of hydrogen-bond donors (Lipinski definition) is 20.